The molecule has 0 aromatic heterocycles. The van der Waals surface area contributed by atoms with Crippen LogP contribution in [0.4, 0.5) is 0 Å². The van der Waals surface area contributed by atoms with Crippen molar-refractivity contribution in [3.63, 3.8) is 0 Å². The summed E-state index contributed by atoms with van der Waals surface area (Å²) in [5.74, 6) is 0. The van der Waals surface area contributed by atoms with Crippen LogP contribution in [0.5, 0.6) is 0 Å². The molecule has 0 aliphatic rings. The van der Waals surface area contributed by atoms with Crippen LogP contribution in [0.1, 0.15) is 48.9 Å². The molecule has 2 aromatic carbocycles. The minimum Gasteiger partial charge on any atom is -0.0651 e. The molecule has 0 nitrogen and oxygen atoms in total. The molecule has 0 heteroatoms. The Balaban J connectivity index is 2.11. The number of benzene rings is 2. The highest BCUT2D eigenvalue weighted by molar-refractivity contribution is 5.31. The predicted molar refractivity (Wildman–Crippen MR) is 83.7 cm³/mol. The van der Waals surface area contributed by atoms with Gasteiger partial charge in [0.1, 0.15) is 0 Å². The topological polar surface area (TPSA) is 0 Å². The van der Waals surface area contributed by atoms with Gasteiger partial charge in [0.2, 0.25) is 0 Å². The van der Waals surface area contributed by atoms with Crippen molar-refractivity contribution in [1.29, 1.82) is 0 Å². The van der Waals surface area contributed by atoms with Crippen LogP contribution >= 0.6 is 0 Å². The smallest absolute Gasteiger partial charge is 0.00256 e. The summed E-state index contributed by atoms with van der Waals surface area (Å²) in [5.41, 5.74) is 5.79. The molecule has 2 rings (SSSR count). The molecule has 0 aliphatic carbocycles. The number of aryl methyl sites for hydroxylation is 2. The molecule has 0 amide bonds. The highest BCUT2D eigenvalue weighted by Gasteiger charge is 2.00. The zero-order valence-electron chi connectivity index (χ0n) is 12.2. The first-order valence-corrected chi connectivity index (χ1v) is 7.47. The lowest BCUT2D eigenvalue weighted by molar-refractivity contribution is 0.914. The van der Waals surface area contributed by atoms with Gasteiger partial charge in [0.05, 0.1) is 0 Å². The predicted octanol–water partition coefficient (Wildman–Crippen LogP) is 5.18. The van der Waals surface area contributed by atoms with Crippen molar-refractivity contribution in [3.05, 3.63) is 70.8 Å². The van der Waals surface area contributed by atoms with E-state index in [2.05, 4.69) is 62.4 Å². The summed E-state index contributed by atoms with van der Waals surface area (Å²) in [6.45, 7) is 4.47. The fraction of sp³-hybridized carbons (Fsp3) is 0.368. The van der Waals surface area contributed by atoms with Crippen molar-refractivity contribution in [2.24, 2.45) is 0 Å². The van der Waals surface area contributed by atoms with Crippen LogP contribution in [0, 0.1) is 0 Å². The number of rotatable bonds is 6. The lowest BCUT2D eigenvalue weighted by Crippen LogP contribution is -1.92. The van der Waals surface area contributed by atoms with E-state index in [1.54, 1.807) is 0 Å². The zero-order valence-corrected chi connectivity index (χ0v) is 12.2. The van der Waals surface area contributed by atoms with Gasteiger partial charge in [-0.15, -0.1) is 0 Å². The van der Waals surface area contributed by atoms with Gasteiger partial charge in [0.25, 0.3) is 0 Å². The second-order valence-corrected chi connectivity index (χ2v) is 5.32. The van der Waals surface area contributed by atoms with Crippen LogP contribution in [0.3, 0.4) is 0 Å². The van der Waals surface area contributed by atoms with Crippen LogP contribution in [-0.4, -0.2) is 0 Å². The van der Waals surface area contributed by atoms with Crippen LogP contribution in [0.25, 0.3) is 0 Å². The molecule has 0 saturated carbocycles. The Hall–Kier alpha value is -1.56. The molecular formula is C19H24. The van der Waals surface area contributed by atoms with E-state index in [1.807, 2.05) is 0 Å². The van der Waals surface area contributed by atoms with Crippen LogP contribution in [0.2, 0.25) is 0 Å². The van der Waals surface area contributed by atoms with Crippen LogP contribution < -0.4 is 0 Å². The Morgan fingerprint density at radius 3 is 1.47 bits per heavy atom. The van der Waals surface area contributed by atoms with Gasteiger partial charge in [-0.05, 0) is 41.5 Å². The van der Waals surface area contributed by atoms with Gasteiger partial charge in [0.15, 0.2) is 0 Å². The summed E-state index contributed by atoms with van der Waals surface area (Å²) in [4.78, 5) is 0. The first-order valence-electron chi connectivity index (χ1n) is 7.47. The second-order valence-electron chi connectivity index (χ2n) is 5.32. The minimum atomic E-state index is 1.05. The van der Waals surface area contributed by atoms with Crippen molar-refractivity contribution >= 4 is 0 Å². The molecule has 0 saturated heterocycles. The SMILES string of the molecule is CCCc1cccc(Cc2cccc(CCC)c2)c1. The largest absolute Gasteiger partial charge is 0.0651 e. The van der Waals surface area contributed by atoms with E-state index in [0.717, 1.165) is 6.42 Å². The highest BCUT2D eigenvalue weighted by Crippen LogP contribution is 2.15. The van der Waals surface area contributed by atoms with Crippen LogP contribution in [-0.2, 0) is 19.3 Å². The van der Waals surface area contributed by atoms with Gasteiger partial charge < -0.3 is 0 Å². The lowest BCUT2D eigenvalue weighted by Gasteiger charge is -2.07. The number of hydrogen-bond donors (Lipinski definition) is 0. The third-order valence-electron chi connectivity index (χ3n) is 3.47. The second kappa shape index (κ2) is 7.13. The van der Waals surface area contributed by atoms with Gasteiger partial charge in [0, 0.05) is 0 Å². The Bertz CT molecular complexity index is 463. The van der Waals surface area contributed by atoms with Crippen molar-refractivity contribution in [2.75, 3.05) is 0 Å². The number of hydrogen-bond acceptors (Lipinski definition) is 0. The van der Waals surface area contributed by atoms with Gasteiger partial charge in [-0.3, -0.25) is 0 Å². The fourth-order valence-electron chi connectivity index (χ4n) is 2.60. The maximum Gasteiger partial charge on any atom is -0.00256 e. The van der Waals surface area contributed by atoms with Crippen molar-refractivity contribution < 1.29 is 0 Å². The average Bonchev–Trinajstić information content (AvgIpc) is 2.40. The van der Waals surface area contributed by atoms with Crippen molar-refractivity contribution in [2.45, 2.75) is 46.0 Å². The Morgan fingerprint density at radius 1 is 0.632 bits per heavy atom. The standard InChI is InChI=1S/C19H24/c1-3-7-16-9-5-11-18(13-16)15-19-12-6-10-17(14-19)8-4-2/h5-6,9-14H,3-4,7-8,15H2,1-2H3. The van der Waals surface area contributed by atoms with E-state index in [0.29, 0.717) is 0 Å². The maximum absolute atomic E-state index is 2.36. The molecule has 0 fully saturated rings. The Labute approximate surface area is 117 Å². The molecule has 0 unspecified atom stereocenters. The van der Waals surface area contributed by atoms with E-state index in [1.165, 1.54) is 47.9 Å². The maximum atomic E-state index is 2.36. The normalized spacial score (nSPS) is 10.6. The highest BCUT2D eigenvalue weighted by atomic mass is 14.0. The lowest BCUT2D eigenvalue weighted by atomic mass is 9.99. The quantitative estimate of drug-likeness (QED) is 0.664. The average molecular weight is 252 g/mol. The van der Waals surface area contributed by atoms with E-state index >= 15 is 0 Å². The molecule has 0 bridgehead atoms. The molecule has 0 radical (unpaired) electrons. The summed E-state index contributed by atoms with van der Waals surface area (Å²) in [6.07, 6.45) is 5.85. The Morgan fingerprint density at radius 2 is 1.05 bits per heavy atom. The van der Waals surface area contributed by atoms with Crippen LogP contribution in [0.15, 0.2) is 48.5 Å². The molecule has 19 heavy (non-hydrogen) atoms. The molecule has 0 heterocycles. The van der Waals surface area contributed by atoms with E-state index in [4.69, 9.17) is 0 Å². The molecular weight excluding hydrogens is 228 g/mol. The monoisotopic (exact) mass is 252 g/mol. The van der Waals surface area contributed by atoms with Crippen molar-refractivity contribution in [3.8, 4) is 0 Å². The molecule has 0 atom stereocenters. The zero-order chi connectivity index (χ0) is 13.5. The third-order valence-corrected chi connectivity index (χ3v) is 3.47. The summed E-state index contributed by atoms with van der Waals surface area (Å²) in [6, 6.07) is 18.1. The van der Waals surface area contributed by atoms with Gasteiger partial charge in [-0.25, -0.2) is 0 Å². The molecule has 100 valence electrons. The summed E-state index contributed by atoms with van der Waals surface area (Å²) in [7, 11) is 0. The molecule has 0 aliphatic heterocycles. The molecule has 0 N–H and O–H groups in total. The first-order chi connectivity index (χ1) is 9.31. The van der Waals surface area contributed by atoms with Crippen molar-refractivity contribution in [1.82, 2.24) is 0 Å². The summed E-state index contributed by atoms with van der Waals surface area (Å²) in [5, 5.41) is 0. The first kappa shape index (κ1) is 13.9. The Kier molecular flexibility index (Phi) is 5.20. The summed E-state index contributed by atoms with van der Waals surface area (Å²) < 4.78 is 0. The third kappa shape index (κ3) is 4.24. The van der Waals surface area contributed by atoms with E-state index in [-0.39, 0.29) is 0 Å². The molecule has 2 aromatic rings. The minimum absolute atomic E-state index is 1.05. The molecule has 0 spiro atoms. The summed E-state index contributed by atoms with van der Waals surface area (Å²) >= 11 is 0. The van der Waals surface area contributed by atoms with E-state index in [9.17, 15) is 0 Å². The van der Waals surface area contributed by atoms with E-state index < -0.39 is 0 Å². The van der Waals surface area contributed by atoms with Gasteiger partial charge in [-0.2, -0.15) is 0 Å². The fourth-order valence-corrected chi connectivity index (χ4v) is 2.60. The van der Waals surface area contributed by atoms with Gasteiger partial charge in [-0.1, -0.05) is 75.2 Å². The van der Waals surface area contributed by atoms with Gasteiger partial charge >= 0.3 is 0 Å².